The third-order valence-electron chi connectivity index (χ3n) is 3.06. The van der Waals surface area contributed by atoms with Crippen LogP contribution in [0.3, 0.4) is 0 Å². The molecule has 2 aromatic rings. The summed E-state index contributed by atoms with van der Waals surface area (Å²) >= 11 is 8.06. The molecule has 16 heavy (non-hydrogen) atoms. The van der Waals surface area contributed by atoms with Gasteiger partial charge in [-0.05, 0) is 36.0 Å². The Labute approximate surface area is 104 Å². The summed E-state index contributed by atoms with van der Waals surface area (Å²) in [5.74, 6) is 4.50. The first-order valence-electron chi connectivity index (χ1n) is 5.52. The number of aromatic nitrogens is 2. The Morgan fingerprint density at radius 3 is 3.25 bits per heavy atom. The number of hydrogen-bond donors (Lipinski definition) is 0. The molecule has 2 aromatic heterocycles. The fourth-order valence-electron chi connectivity index (χ4n) is 2.17. The second-order valence-electron chi connectivity index (χ2n) is 4.25. The summed E-state index contributed by atoms with van der Waals surface area (Å²) in [6, 6.07) is 3.93. The minimum absolute atomic E-state index is 0.771. The van der Waals surface area contributed by atoms with Crippen LogP contribution in [-0.4, -0.2) is 20.9 Å². The van der Waals surface area contributed by atoms with Gasteiger partial charge >= 0.3 is 0 Å². The average molecular weight is 253 g/mol. The van der Waals surface area contributed by atoms with E-state index >= 15 is 0 Å². The van der Waals surface area contributed by atoms with Crippen LogP contribution < -0.4 is 0 Å². The van der Waals surface area contributed by atoms with Crippen molar-refractivity contribution in [1.82, 2.24) is 9.38 Å². The lowest BCUT2D eigenvalue weighted by Crippen LogP contribution is -2.06. The van der Waals surface area contributed by atoms with Crippen molar-refractivity contribution < 1.29 is 0 Å². The lowest BCUT2D eigenvalue weighted by Gasteiger charge is -2.07. The Balaban J connectivity index is 1.93. The van der Waals surface area contributed by atoms with Crippen molar-refractivity contribution in [3.8, 4) is 0 Å². The highest BCUT2D eigenvalue weighted by atomic mass is 35.5. The van der Waals surface area contributed by atoms with Crippen LogP contribution in [-0.2, 0) is 6.42 Å². The van der Waals surface area contributed by atoms with E-state index in [2.05, 4.69) is 9.38 Å². The van der Waals surface area contributed by atoms with E-state index in [-0.39, 0.29) is 0 Å². The number of hydrogen-bond acceptors (Lipinski definition) is 2. The van der Waals surface area contributed by atoms with Crippen LogP contribution in [0, 0.1) is 5.92 Å². The van der Waals surface area contributed by atoms with Crippen molar-refractivity contribution in [2.24, 2.45) is 5.92 Å². The van der Waals surface area contributed by atoms with Gasteiger partial charge in [0.1, 0.15) is 5.82 Å². The Hall–Kier alpha value is -0.670. The zero-order valence-electron chi connectivity index (χ0n) is 8.90. The van der Waals surface area contributed by atoms with E-state index in [1.165, 1.54) is 17.9 Å². The first-order chi connectivity index (χ1) is 7.83. The molecule has 0 aromatic carbocycles. The highest BCUT2D eigenvalue weighted by Crippen LogP contribution is 2.26. The third kappa shape index (κ3) is 1.94. The molecule has 0 spiro atoms. The van der Waals surface area contributed by atoms with E-state index in [9.17, 15) is 0 Å². The minimum Gasteiger partial charge on any atom is -0.302 e. The van der Waals surface area contributed by atoms with Crippen LogP contribution in [0.1, 0.15) is 12.2 Å². The van der Waals surface area contributed by atoms with Crippen molar-refractivity contribution in [1.29, 1.82) is 0 Å². The summed E-state index contributed by atoms with van der Waals surface area (Å²) in [7, 11) is 0. The van der Waals surface area contributed by atoms with Crippen LogP contribution in [0.15, 0.2) is 24.5 Å². The zero-order chi connectivity index (χ0) is 11.0. The summed E-state index contributed by atoms with van der Waals surface area (Å²) in [4.78, 5) is 4.49. The molecule has 1 aliphatic heterocycles. The molecular weight excluding hydrogens is 240 g/mol. The maximum atomic E-state index is 6.01. The van der Waals surface area contributed by atoms with Crippen LogP contribution in [0.4, 0.5) is 0 Å². The normalized spacial score (nSPS) is 20.7. The number of pyridine rings is 1. The summed E-state index contributed by atoms with van der Waals surface area (Å²) in [5, 5.41) is 0.771. The van der Waals surface area contributed by atoms with E-state index in [1.54, 1.807) is 0 Å². The van der Waals surface area contributed by atoms with Crippen LogP contribution in [0.25, 0.3) is 5.52 Å². The number of nitrogens with zero attached hydrogens (tertiary/aromatic N) is 2. The SMILES string of the molecule is Clc1ccc2cnc(CC3CCSC3)n2c1. The van der Waals surface area contributed by atoms with E-state index < -0.39 is 0 Å². The second kappa shape index (κ2) is 4.30. The Bertz CT molecular complexity index is 503. The van der Waals surface area contributed by atoms with Crippen molar-refractivity contribution in [2.75, 3.05) is 11.5 Å². The first kappa shape index (κ1) is 10.5. The second-order valence-corrected chi connectivity index (χ2v) is 5.84. The molecule has 1 fully saturated rings. The molecule has 0 saturated carbocycles. The maximum Gasteiger partial charge on any atom is 0.113 e. The molecule has 3 rings (SSSR count). The van der Waals surface area contributed by atoms with Crippen molar-refractivity contribution in [2.45, 2.75) is 12.8 Å². The number of fused-ring (bicyclic) bond motifs is 1. The summed E-state index contributed by atoms with van der Waals surface area (Å²) in [6.45, 7) is 0. The topological polar surface area (TPSA) is 17.3 Å². The van der Waals surface area contributed by atoms with Crippen LogP contribution >= 0.6 is 23.4 Å². The summed E-state index contributed by atoms with van der Waals surface area (Å²) < 4.78 is 2.12. The molecule has 2 nitrogen and oxygen atoms in total. The van der Waals surface area contributed by atoms with Crippen molar-refractivity contribution in [3.63, 3.8) is 0 Å². The molecule has 4 heteroatoms. The van der Waals surface area contributed by atoms with Gasteiger partial charge in [0.2, 0.25) is 0 Å². The minimum atomic E-state index is 0.771. The Kier molecular flexibility index (Phi) is 2.82. The fraction of sp³-hybridized carbons (Fsp3) is 0.417. The predicted molar refractivity (Wildman–Crippen MR) is 69.3 cm³/mol. The first-order valence-corrected chi connectivity index (χ1v) is 7.05. The van der Waals surface area contributed by atoms with E-state index in [1.807, 2.05) is 36.3 Å². The van der Waals surface area contributed by atoms with Gasteiger partial charge in [0, 0.05) is 12.6 Å². The molecule has 0 aliphatic carbocycles. The molecule has 1 aliphatic rings. The Morgan fingerprint density at radius 2 is 2.44 bits per heavy atom. The van der Waals surface area contributed by atoms with Gasteiger partial charge in [-0.2, -0.15) is 11.8 Å². The monoisotopic (exact) mass is 252 g/mol. The number of thioether (sulfide) groups is 1. The molecule has 1 atom stereocenters. The van der Waals surface area contributed by atoms with Crippen LogP contribution in [0.2, 0.25) is 5.02 Å². The van der Waals surface area contributed by atoms with Gasteiger partial charge in [0.25, 0.3) is 0 Å². The molecule has 0 N–H and O–H groups in total. The van der Waals surface area contributed by atoms with E-state index in [4.69, 9.17) is 11.6 Å². The van der Waals surface area contributed by atoms with Gasteiger partial charge < -0.3 is 4.40 Å². The van der Waals surface area contributed by atoms with Crippen molar-refractivity contribution in [3.05, 3.63) is 35.4 Å². The lowest BCUT2D eigenvalue weighted by atomic mass is 10.1. The highest BCUT2D eigenvalue weighted by Gasteiger charge is 2.18. The predicted octanol–water partition coefficient (Wildman–Crippen LogP) is 3.28. The molecule has 1 unspecified atom stereocenters. The lowest BCUT2D eigenvalue weighted by molar-refractivity contribution is 0.574. The quantitative estimate of drug-likeness (QED) is 0.816. The highest BCUT2D eigenvalue weighted by molar-refractivity contribution is 7.99. The van der Waals surface area contributed by atoms with E-state index in [0.29, 0.717) is 0 Å². The summed E-state index contributed by atoms with van der Waals surface area (Å²) in [5.41, 5.74) is 1.13. The molecule has 0 radical (unpaired) electrons. The maximum absolute atomic E-state index is 6.01. The third-order valence-corrected chi connectivity index (χ3v) is 4.52. The fourth-order valence-corrected chi connectivity index (χ4v) is 3.62. The van der Waals surface area contributed by atoms with Gasteiger partial charge in [0.05, 0.1) is 16.7 Å². The average Bonchev–Trinajstić information content (AvgIpc) is 2.90. The van der Waals surface area contributed by atoms with E-state index in [0.717, 1.165) is 28.7 Å². The molecular formula is C12H13ClN2S. The standard InChI is InChI=1S/C12H13ClN2S/c13-10-1-2-11-6-14-12(15(11)7-10)5-9-3-4-16-8-9/h1-2,6-7,9H,3-5,8H2. The number of imidazole rings is 1. The van der Waals surface area contributed by atoms with Crippen molar-refractivity contribution >= 4 is 28.9 Å². The smallest absolute Gasteiger partial charge is 0.113 e. The number of halogens is 1. The van der Waals surface area contributed by atoms with Gasteiger partial charge in [0.15, 0.2) is 0 Å². The number of rotatable bonds is 2. The largest absolute Gasteiger partial charge is 0.302 e. The van der Waals surface area contributed by atoms with Gasteiger partial charge in [-0.1, -0.05) is 11.6 Å². The molecule has 84 valence electrons. The molecule has 0 bridgehead atoms. The zero-order valence-corrected chi connectivity index (χ0v) is 10.5. The molecule has 3 heterocycles. The van der Waals surface area contributed by atoms with Gasteiger partial charge in [-0.25, -0.2) is 4.98 Å². The van der Waals surface area contributed by atoms with Gasteiger partial charge in [-0.15, -0.1) is 0 Å². The Morgan fingerprint density at radius 1 is 1.50 bits per heavy atom. The van der Waals surface area contributed by atoms with Crippen LogP contribution in [0.5, 0.6) is 0 Å². The summed E-state index contributed by atoms with van der Waals surface area (Å²) in [6.07, 6.45) is 6.27. The molecule has 0 amide bonds. The molecule has 1 saturated heterocycles. The van der Waals surface area contributed by atoms with Gasteiger partial charge in [-0.3, -0.25) is 0 Å².